The second kappa shape index (κ2) is 6.74. The van der Waals surface area contributed by atoms with Crippen molar-refractivity contribution in [2.24, 2.45) is 0 Å². The van der Waals surface area contributed by atoms with Crippen molar-refractivity contribution in [3.05, 3.63) is 23.1 Å². The van der Waals surface area contributed by atoms with E-state index in [0.717, 1.165) is 6.07 Å². The Balaban J connectivity index is 3.04. The Labute approximate surface area is 116 Å². The van der Waals surface area contributed by atoms with Crippen LogP contribution in [0.5, 0.6) is 5.88 Å². The molecule has 0 fully saturated rings. The van der Waals surface area contributed by atoms with Crippen molar-refractivity contribution < 1.29 is 31.8 Å². The molecule has 0 aliphatic rings. The number of nitrogens with zero attached hydrogens (tertiary/aromatic N) is 1. The van der Waals surface area contributed by atoms with E-state index in [0.29, 0.717) is 0 Å². The van der Waals surface area contributed by atoms with Crippen LogP contribution in [0.1, 0.15) is 18.2 Å². The molecule has 0 N–H and O–H groups in total. The van der Waals surface area contributed by atoms with Crippen LogP contribution in [0.2, 0.25) is 0 Å². The number of alkyl halides is 4. The predicted molar refractivity (Wildman–Crippen MR) is 60.8 cm³/mol. The van der Waals surface area contributed by atoms with E-state index in [2.05, 4.69) is 14.5 Å². The molecule has 1 rings (SSSR count). The van der Waals surface area contributed by atoms with Crippen LogP contribution in [0, 0.1) is 5.82 Å². The highest BCUT2D eigenvalue weighted by atomic mass is 35.5. The van der Waals surface area contributed by atoms with Gasteiger partial charge in [0.05, 0.1) is 24.6 Å². The van der Waals surface area contributed by atoms with E-state index in [9.17, 15) is 22.4 Å². The fourth-order valence-electron chi connectivity index (χ4n) is 1.36. The lowest BCUT2D eigenvalue weighted by Crippen LogP contribution is -2.20. The molecule has 9 heteroatoms. The van der Waals surface area contributed by atoms with E-state index in [-0.39, 0.29) is 30.2 Å². The van der Waals surface area contributed by atoms with Crippen LogP contribution in [0.25, 0.3) is 0 Å². The maximum atomic E-state index is 13.5. The summed E-state index contributed by atoms with van der Waals surface area (Å²) in [7, 11) is 0. The molecule has 0 saturated heterocycles. The number of hydrogen-bond acceptors (Lipinski definition) is 4. The van der Waals surface area contributed by atoms with E-state index in [4.69, 9.17) is 11.6 Å². The van der Waals surface area contributed by atoms with Gasteiger partial charge < -0.3 is 9.47 Å². The average molecular weight is 316 g/mol. The third-order valence-corrected chi connectivity index (χ3v) is 2.34. The van der Waals surface area contributed by atoms with Crippen molar-refractivity contribution in [3.63, 3.8) is 0 Å². The molecule has 0 aliphatic heterocycles. The Bertz CT molecular complexity index is 493. The standard InChI is InChI=1S/C11H10ClF4NO3/c1-2-19-9(18)4-6-3-7(13)10(17-8(6)5-12)20-11(14,15)16/h3H,2,4-5H2,1H3. The molecule has 0 aliphatic carbocycles. The number of pyridine rings is 1. The molecular formula is C11H10ClF4NO3. The molecule has 1 aromatic rings. The summed E-state index contributed by atoms with van der Waals surface area (Å²) in [5.74, 6) is -3.54. The largest absolute Gasteiger partial charge is 0.574 e. The van der Waals surface area contributed by atoms with Gasteiger partial charge in [-0.2, -0.15) is 0 Å². The molecule has 0 radical (unpaired) electrons. The van der Waals surface area contributed by atoms with E-state index in [1.165, 1.54) is 0 Å². The molecule has 0 atom stereocenters. The van der Waals surface area contributed by atoms with Gasteiger partial charge >= 0.3 is 12.3 Å². The quantitative estimate of drug-likeness (QED) is 0.476. The molecule has 0 bridgehead atoms. The first-order valence-electron chi connectivity index (χ1n) is 5.42. The summed E-state index contributed by atoms with van der Waals surface area (Å²) < 4.78 is 57.6. The molecule has 0 amide bonds. The molecule has 0 saturated carbocycles. The van der Waals surface area contributed by atoms with Gasteiger partial charge in [-0.15, -0.1) is 24.8 Å². The van der Waals surface area contributed by atoms with Crippen LogP contribution < -0.4 is 4.74 Å². The van der Waals surface area contributed by atoms with Gasteiger partial charge in [0.15, 0.2) is 5.82 Å². The van der Waals surface area contributed by atoms with Crippen molar-refractivity contribution in [1.29, 1.82) is 0 Å². The summed E-state index contributed by atoms with van der Waals surface area (Å²) in [6.45, 7) is 1.71. The zero-order valence-electron chi connectivity index (χ0n) is 10.3. The number of hydrogen-bond donors (Lipinski definition) is 0. The molecular weight excluding hydrogens is 306 g/mol. The third-order valence-electron chi connectivity index (χ3n) is 2.09. The molecule has 0 spiro atoms. The lowest BCUT2D eigenvalue weighted by Gasteiger charge is -2.12. The third kappa shape index (κ3) is 4.84. The maximum Gasteiger partial charge on any atom is 0.574 e. The van der Waals surface area contributed by atoms with Gasteiger partial charge in [0, 0.05) is 0 Å². The van der Waals surface area contributed by atoms with Crippen LogP contribution in [0.4, 0.5) is 17.6 Å². The molecule has 4 nitrogen and oxygen atoms in total. The van der Waals surface area contributed by atoms with E-state index >= 15 is 0 Å². The zero-order valence-corrected chi connectivity index (χ0v) is 11.0. The van der Waals surface area contributed by atoms with Crippen molar-refractivity contribution in [2.75, 3.05) is 6.61 Å². The SMILES string of the molecule is CCOC(=O)Cc1cc(F)c(OC(F)(F)F)nc1CCl. The first kappa shape index (κ1) is 16.5. The Morgan fingerprint density at radius 2 is 2.10 bits per heavy atom. The van der Waals surface area contributed by atoms with Crippen LogP contribution in [-0.2, 0) is 21.8 Å². The van der Waals surface area contributed by atoms with Gasteiger partial charge in [-0.25, -0.2) is 9.37 Å². The van der Waals surface area contributed by atoms with Gasteiger partial charge in [-0.05, 0) is 18.6 Å². The second-order valence-electron chi connectivity index (χ2n) is 3.54. The topological polar surface area (TPSA) is 48.4 Å². The Morgan fingerprint density at radius 1 is 1.45 bits per heavy atom. The van der Waals surface area contributed by atoms with Crippen molar-refractivity contribution >= 4 is 17.6 Å². The van der Waals surface area contributed by atoms with Crippen LogP contribution in [0.15, 0.2) is 6.07 Å². The predicted octanol–water partition coefficient (Wildman–Crippen LogP) is 2.96. The number of halogens is 5. The molecule has 112 valence electrons. The lowest BCUT2D eigenvalue weighted by molar-refractivity contribution is -0.277. The molecule has 0 aromatic carbocycles. The fourth-order valence-corrected chi connectivity index (χ4v) is 1.59. The smallest absolute Gasteiger partial charge is 0.466 e. The van der Waals surface area contributed by atoms with Crippen molar-refractivity contribution in [2.45, 2.75) is 25.6 Å². The molecule has 0 unspecified atom stereocenters. The number of carbonyl (C=O) groups is 1. The number of ether oxygens (including phenoxy) is 2. The minimum atomic E-state index is -5.07. The summed E-state index contributed by atoms with van der Waals surface area (Å²) in [6, 6.07) is 0.725. The number of carbonyl (C=O) groups excluding carboxylic acids is 1. The monoisotopic (exact) mass is 315 g/mol. The average Bonchev–Trinajstić information content (AvgIpc) is 2.31. The van der Waals surface area contributed by atoms with Crippen LogP contribution in [0.3, 0.4) is 0 Å². The van der Waals surface area contributed by atoms with E-state index in [1.807, 2.05) is 0 Å². The highest BCUT2D eigenvalue weighted by Crippen LogP contribution is 2.26. The van der Waals surface area contributed by atoms with Gasteiger partial charge in [-0.1, -0.05) is 0 Å². The lowest BCUT2D eigenvalue weighted by atomic mass is 10.1. The zero-order chi connectivity index (χ0) is 15.3. The van der Waals surface area contributed by atoms with Gasteiger partial charge in [0.25, 0.3) is 5.88 Å². The summed E-state index contributed by atoms with van der Waals surface area (Å²) in [6.07, 6.45) is -5.41. The van der Waals surface area contributed by atoms with Crippen molar-refractivity contribution in [3.8, 4) is 5.88 Å². The van der Waals surface area contributed by atoms with Crippen molar-refractivity contribution in [1.82, 2.24) is 4.98 Å². The molecule has 1 heterocycles. The fraction of sp³-hybridized carbons (Fsp3) is 0.455. The summed E-state index contributed by atoms with van der Waals surface area (Å²) >= 11 is 5.51. The van der Waals surface area contributed by atoms with Crippen LogP contribution in [-0.4, -0.2) is 23.9 Å². The minimum Gasteiger partial charge on any atom is -0.466 e. The first-order chi connectivity index (χ1) is 9.26. The van der Waals surface area contributed by atoms with E-state index < -0.39 is 24.0 Å². The number of aromatic nitrogens is 1. The van der Waals surface area contributed by atoms with E-state index in [1.54, 1.807) is 6.92 Å². The molecule has 20 heavy (non-hydrogen) atoms. The highest BCUT2D eigenvalue weighted by Gasteiger charge is 2.33. The Kier molecular flexibility index (Phi) is 5.55. The van der Waals surface area contributed by atoms with Crippen LogP contribution >= 0.6 is 11.6 Å². The normalized spacial score (nSPS) is 11.3. The Hall–Kier alpha value is -1.57. The first-order valence-corrected chi connectivity index (χ1v) is 5.96. The summed E-state index contributed by atoms with van der Waals surface area (Å²) in [5, 5.41) is 0. The number of esters is 1. The van der Waals surface area contributed by atoms with Gasteiger partial charge in [0.2, 0.25) is 0 Å². The number of rotatable bonds is 5. The highest BCUT2D eigenvalue weighted by molar-refractivity contribution is 6.17. The summed E-state index contributed by atoms with van der Waals surface area (Å²) in [4.78, 5) is 14.6. The molecule has 1 aromatic heterocycles. The van der Waals surface area contributed by atoms with Gasteiger partial charge in [-0.3, -0.25) is 4.79 Å². The van der Waals surface area contributed by atoms with Gasteiger partial charge in [0.1, 0.15) is 0 Å². The minimum absolute atomic E-state index is 0.0467. The Morgan fingerprint density at radius 3 is 2.60 bits per heavy atom. The second-order valence-corrected chi connectivity index (χ2v) is 3.81. The summed E-state index contributed by atoms with van der Waals surface area (Å²) in [5.41, 5.74) is -0.0363. The maximum absolute atomic E-state index is 13.5.